The molecule has 0 aromatic heterocycles. The van der Waals surface area contributed by atoms with E-state index >= 15 is 0 Å². The van der Waals surface area contributed by atoms with E-state index in [9.17, 15) is 19.0 Å². The monoisotopic (exact) mass is 990 g/mol. The van der Waals surface area contributed by atoms with Crippen LogP contribution in [0.25, 0.3) is 0 Å². The number of rotatable bonds is 52. The number of quaternary nitrogens is 1. The summed E-state index contributed by atoms with van der Waals surface area (Å²) in [6.07, 6.45) is 64.2. The van der Waals surface area contributed by atoms with Gasteiger partial charge in [0.15, 0.2) is 6.10 Å². The van der Waals surface area contributed by atoms with Crippen LogP contribution in [0.1, 0.15) is 251 Å². The van der Waals surface area contributed by atoms with Gasteiger partial charge in [-0.2, -0.15) is 0 Å². The molecule has 0 aromatic carbocycles. The zero-order valence-electron chi connectivity index (χ0n) is 45.5. The first-order chi connectivity index (χ1) is 33.5. The summed E-state index contributed by atoms with van der Waals surface area (Å²) < 4.78 is 34.1. The highest BCUT2D eigenvalue weighted by Gasteiger charge is 2.22. The lowest BCUT2D eigenvalue weighted by Gasteiger charge is -2.28. The smallest absolute Gasteiger partial charge is 0.306 e. The molecule has 2 atom stereocenters. The normalized spacial score (nSPS) is 13.8. The summed E-state index contributed by atoms with van der Waals surface area (Å²) in [6.45, 7) is 4.14. The number of ether oxygens (including phenoxy) is 2. The van der Waals surface area contributed by atoms with E-state index in [1.54, 1.807) is 0 Å². The number of carbonyl (C=O) groups excluding carboxylic acids is 2. The molecule has 0 rings (SSSR count). The Morgan fingerprint density at radius 3 is 1.23 bits per heavy atom. The average molecular weight is 990 g/mol. The lowest BCUT2D eigenvalue weighted by Crippen LogP contribution is -2.37. The third-order valence-corrected chi connectivity index (χ3v) is 13.3. The molecule has 0 bridgehead atoms. The molecular weight excluding hydrogens is 882 g/mol. The van der Waals surface area contributed by atoms with E-state index in [0.717, 1.165) is 70.6 Å². The van der Waals surface area contributed by atoms with Crippen molar-refractivity contribution in [3.8, 4) is 0 Å². The summed E-state index contributed by atoms with van der Waals surface area (Å²) in [6, 6.07) is 0. The van der Waals surface area contributed by atoms with Crippen LogP contribution in [0.4, 0.5) is 0 Å². The Balaban J connectivity index is 4.01. The van der Waals surface area contributed by atoms with E-state index in [4.69, 9.17) is 18.5 Å². The predicted octanol–water partition coefficient (Wildman–Crippen LogP) is 16.9. The van der Waals surface area contributed by atoms with Gasteiger partial charge in [-0.3, -0.25) is 14.2 Å². The molecule has 0 aromatic rings. The number of esters is 2. The molecule has 0 N–H and O–H groups in total. The lowest BCUT2D eigenvalue weighted by atomic mass is 10.0. The van der Waals surface area contributed by atoms with Crippen molar-refractivity contribution in [2.45, 2.75) is 258 Å². The highest BCUT2D eigenvalue weighted by molar-refractivity contribution is 7.45. The molecule has 0 spiro atoms. The van der Waals surface area contributed by atoms with Crippen LogP contribution in [-0.4, -0.2) is 70.0 Å². The lowest BCUT2D eigenvalue weighted by molar-refractivity contribution is -0.870. The fraction of sp³-hybridized carbons (Fsp3) is 0.797. The molecule has 0 aliphatic rings. The quantitative estimate of drug-likeness (QED) is 0.0195. The van der Waals surface area contributed by atoms with Crippen molar-refractivity contribution < 1.29 is 42.1 Å². The van der Waals surface area contributed by atoms with Crippen molar-refractivity contribution >= 4 is 19.8 Å². The second-order valence-electron chi connectivity index (χ2n) is 20.3. The van der Waals surface area contributed by atoms with Gasteiger partial charge < -0.3 is 27.9 Å². The maximum Gasteiger partial charge on any atom is 0.306 e. The molecule has 0 aliphatic carbocycles. The van der Waals surface area contributed by atoms with Gasteiger partial charge in [0.1, 0.15) is 19.8 Å². The standard InChI is InChI=1S/C59H108NO8P/c1-6-8-10-12-14-16-18-20-21-22-23-24-25-26-27-28-29-30-31-32-33-34-35-36-37-38-39-40-42-44-46-48-50-52-59(62)68-57(56-67-69(63,64)66-54-53-60(3,4)5)55-65-58(61)51-49-47-45-43-41-19-17-15-13-11-9-7-2/h8,10,14,16,20-21,23-24,26-27,57H,6-7,9,11-13,15,17-19,22,25,28-56H2,1-5H3/b10-8-,16-14-,21-20-,24-23-,27-26-. The topological polar surface area (TPSA) is 111 Å². The van der Waals surface area contributed by atoms with Crippen LogP contribution in [0.5, 0.6) is 0 Å². The van der Waals surface area contributed by atoms with E-state index in [0.29, 0.717) is 17.4 Å². The van der Waals surface area contributed by atoms with Gasteiger partial charge in [0.25, 0.3) is 7.82 Å². The van der Waals surface area contributed by atoms with Crippen molar-refractivity contribution in [3.05, 3.63) is 60.8 Å². The Hall–Kier alpha value is -2.29. The van der Waals surface area contributed by atoms with Crippen LogP contribution < -0.4 is 4.89 Å². The van der Waals surface area contributed by atoms with Crippen LogP contribution in [0.2, 0.25) is 0 Å². The first-order valence-electron chi connectivity index (χ1n) is 28.5. The molecule has 0 saturated carbocycles. The molecule has 2 unspecified atom stereocenters. The fourth-order valence-electron chi connectivity index (χ4n) is 7.92. The van der Waals surface area contributed by atoms with Gasteiger partial charge in [-0.15, -0.1) is 0 Å². The molecule has 0 heterocycles. The summed E-state index contributed by atoms with van der Waals surface area (Å²) in [4.78, 5) is 37.7. The number of phosphoric acid groups is 1. The minimum atomic E-state index is -4.63. The van der Waals surface area contributed by atoms with Crippen LogP contribution in [-0.2, 0) is 32.7 Å². The number of phosphoric ester groups is 1. The largest absolute Gasteiger partial charge is 0.756 e. The maximum absolute atomic E-state index is 12.8. The number of likely N-dealkylation sites (N-methyl/N-ethyl adjacent to an activating group) is 1. The molecule has 0 fully saturated rings. The van der Waals surface area contributed by atoms with E-state index in [-0.39, 0.29) is 32.0 Å². The van der Waals surface area contributed by atoms with Gasteiger partial charge in [-0.25, -0.2) is 0 Å². The Morgan fingerprint density at radius 1 is 0.464 bits per heavy atom. The minimum Gasteiger partial charge on any atom is -0.756 e. The highest BCUT2D eigenvalue weighted by atomic mass is 31.2. The summed E-state index contributed by atoms with van der Waals surface area (Å²) in [5.41, 5.74) is 0. The van der Waals surface area contributed by atoms with Gasteiger partial charge in [0, 0.05) is 12.8 Å². The zero-order valence-corrected chi connectivity index (χ0v) is 46.4. The first-order valence-corrected chi connectivity index (χ1v) is 30.0. The minimum absolute atomic E-state index is 0.0297. The molecule has 0 saturated heterocycles. The fourth-order valence-corrected chi connectivity index (χ4v) is 8.65. The summed E-state index contributed by atoms with van der Waals surface area (Å²) in [7, 11) is 1.17. The first kappa shape index (κ1) is 66.7. The summed E-state index contributed by atoms with van der Waals surface area (Å²) >= 11 is 0. The molecule has 69 heavy (non-hydrogen) atoms. The van der Waals surface area contributed by atoms with Gasteiger partial charge in [-0.1, -0.05) is 242 Å². The number of carbonyl (C=O) groups is 2. The van der Waals surface area contributed by atoms with Crippen molar-refractivity contribution in [1.29, 1.82) is 0 Å². The molecule has 0 aliphatic heterocycles. The van der Waals surface area contributed by atoms with Crippen molar-refractivity contribution in [1.82, 2.24) is 0 Å². The molecular formula is C59H108NO8P. The van der Waals surface area contributed by atoms with Crippen molar-refractivity contribution in [2.24, 2.45) is 0 Å². The zero-order chi connectivity index (χ0) is 50.6. The average Bonchev–Trinajstić information content (AvgIpc) is 3.31. The molecule has 0 radical (unpaired) electrons. The third-order valence-electron chi connectivity index (χ3n) is 12.3. The molecule has 402 valence electrons. The van der Waals surface area contributed by atoms with E-state index in [1.807, 2.05) is 21.1 Å². The number of allylic oxidation sites excluding steroid dienone is 10. The Labute approximate surface area is 426 Å². The van der Waals surface area contributed by atoms with Gasteiger partial charge in [-0.05, 0) is 57.8 Å². The third kappa shape index (κ3) is 54.9. The molecule has 10 heteroatoms. The van der Waals surface area contributed by atoms with Crippen molar-refractivity contribution in [3.63, 3.8) is 0 Å². The van der Waals surface area contributed by atoms with Crippen LogP contribution in [0.15, 0.2) is 60.8 Å². The second kappa shape index (κ2) is 50.6. The highest BCUT2D eigenvalue weighted by Crippen LogP contribution is 2.38. The number of hydrogen-bond donors (Lipinski definition) is 0. The predicted molar refractivity (Wildman–Crippen MR) is 291 cm³/mol. The van der Waals surface area contributed by atoms with Gasteiger partial charge >= 0.3 is 11.9 Å². The van der Waals surface area contributed by atoms with Crippen molar-refractivity contribution in [2.75, 3.05) is 47.5 Å². The second-order valence-corrected chi connectivity index (χ2v) is 21.7. The number of hydrogen-bond acceptors (Lipinski definition) is 8. The molecule has 9 nitrogen and oxygen atoms in total. The van der Waals surface area contributed by atoms with Gasteiger partial charge in [0.05, 0.1) is 27.7 Å². The Morgan fingerprint density at radius 2 is 0.826 bits per heavy atom. The van der Waals surface area contributed by atoms with Crippen LogP contribution in [0, 0.1) is 0 Å². The summed E-state index contributed by atoms with van der Waals surface area (Å²) in [5, 5.41) is 0. The number of nitrogens with zero attached hydrogens (tertiary/aromatic N) is 1. The maximum atomic E-state index is 12.8. The van der Waals surface area contributed by atoms with Crippen LogP contribution >= 0.6 is 7.82 Å². The van der Waals surface area contributed by atoms with Gasteiger partial charge in [0.2, 0.25) is 0 Å². The number of unbranched alkanes of at least 4 members (excludes halogenated alkanes) is 28. The Kier molecular flexibility index (Phi) is 49.0. The summed E-state index contributed by atoms with van der Waals surface area (Å²) in [5.74, 6) is -0.825. The molecule has 0 amide bonds. The van der Waals surface area contributed by atoms with E-state index in [1.165, 1.54) is 148 Å². The SMILES string of the molecule is CC/C=C\C/C=C\C/C=C\C/C=C\C/C=C\CCCCCCCCCCCCCCCCCCCC(=O)OC(COC(=O)CCCCCCCCCCCCCC)COP(=O)([O-])OCC[N+](C)(C)C. The Bertz CT molecular complexity index is 1350. The van der Waals surface area contributed by atoms with Crippen LogP contribution in [0.3, 0.4) is 0 Å². The van der Waals surface area contributed by atoms with E-state index in [2.05, 4.69) is 74.6 Å². The van der Waals surface area contributed by atoms with E-state index < -0.39 is 26.5 Å².